The number of para-hydroxylation sites is 6. The first-order valence-corrected chi connectivity index (χ1v) is 19.8. The van der Waals surface area contributed by atoms with Crippen LogP contribution in [0.4, 0.5) is 34.1 Å². The molecule has 0 N–H and O–H groups in total. The van der Waals surface area contributed by atoms with Crippen molar-refractivity contribution < 1.29 is 0 Å². The molecule has 0 amide bonds. The number of anilines is 6. The molecule has 11 rings (SSSR count). The maximum atomic E-state index is 5.02. The monoisotopic (exact) mass is 742 g/mol. The molecule has 1 aromatic heterocycles. The Morgan fingerprint density at radius 3 is 1.41 bits per heavy atom. The maximum Gasteiger partial charge on any atom is 0.111 e. The molecule has 0 spiro atoms. The topological polar surface area (TPSA) is 24.3 Å². The summed E-state index contributed by atoms with van der Waals surface area (Å²) in [6.45, 7) is 2.11. The summed E-state index contributed by atoms with van der Waals surface area (Å²) in [6, 6.07) is 76.3. The minimum absolute atomic E-state index is 0.964. The highest BCUT2D eigenvalue weighted by atomic mass is 15.2. The van der Waals surface area contributed by atoms with Crippen LogP contribution in [0.5, 0.6) is 0 Å². The fraction of sp³-hybridized carbons (Fsp3) is 0.0185. The zero-order valence-corrected chi connectivity index (χ0v) is 32.0. The molecule has 0 unspecified atom stereocenters. The van der Waals surface area contributed by atoms with Crippen LogP contribution in [-0.2, 0) is 0 Å². The second kappa shape index (κ2) is 13.8. The number of hydrogen-bond acceptors (Lipinski definition) is 3. The third-order valence-corrected chi connectivity index (χ3v) is 11.4. The molecule has 1 heterocycles. The Labute approximate surface area is 338 Å². The number of rotatable bonds is 8. The predicted octanol–water partition coefficient (Wildman–Crippen LogP) is 14.7. The molecule has 0 radical (unpaired) electrons. The third-order valence-electron chi connectivity index (χ3n) is 11.4. The fourth-order valence-corrected chi connectivity index (χ4v) is 8.99. The summed E-state index contributed by atoms with van der Waals surface area (Å²) in [5.74, 6) is 0.964. The van der Waals surface area contributed by atoms with Gasteiger partial charge in [0.15, 0.2) is 0 Å². The van der Waals surface area contributed by atoms with E-state index in [0.29, 0.717) is 0 Å². The maximum absolute atomic E-state index is 5.02. The lowest BCUT2D eigenvalue weighted by Gasteiger charge is -2.30. The van der Waals surface area contributed by atoms with Gasteiger partial charge in [-0.25, -0.2) is 4.98 Å². The molecule has 274 valence electrons. The Balaban J connectivity index is 1.23. The van der Waals surface area contributed by atoms with E-state index in [1.54, 1.807) is 0 Å². The first-order chi connectivity index (χ1) is 28.7. The van der Waals surface area contributed by atoms with E-state index in [-0.39, 0.29) is 0 Å². The van der Waals surface area contributed by atoms with Crippen molar-refractivity contribution in [2.24, 2.45) is 0 Å². The molecule has 0 saturated heterocycles. The van der Waals surface area contributed by atoms with Gasteiger partial charge in [-0.1, -0.05) is 127 Å². The summed E-state index contributed by atoms with van der Waals surface area (Å²) in [5, 5.41) is 2.53. The molecule has 0 bridgehead atoms. The fourth-order valence-electron chi connectivity index (χ4n) is 8.99. The van der Waals surface area contributed by atoms with Gasteiger partial charge in [0, 0.05) is 45.3 Å². The molecule has 4 heteroatoms. The minimum atomic E-state index is 0.964. The summed E-state index contributed by atoms with van der Waals surface area (Å²) < 4.78 is 2.34. The van der Waals surface area contributed by atoms with Gasteiger partial charge in [0.05, 0.1) is 16.7 Å². The number of aromatic nitrogens is 2. The first kappa shape index (κ1) is 33.6. The van der Waals surface area contributed by atoms with Gasteiger partial charge >= 0.3 is 0 Å². The van der Waals surface area contributed by atoms with Gasteiger partial charge in [-0.2, -0.15) is 0 Å². The van der Waals surface area contributed by atoms with Gasteiger partial charge in [-0.15, -0.1) is 0 Å². The van der Waals surface area contributed by atoms with Crippen molar-refractivity contribution in [2.75, 3.05) is 9.80 Å². The Morgan fingerprint density at radius 1 is 0.397 bits per heavy atom. The second-order valence-corrected chi connectivity index (χ2v) is 14.8. The molecule has 9 aromatic carbocycles. The van der Waals surface area contributed by atoms with E-state index in [1.165, 1.54) is 38.6 Å². The molecule has 1 aliphatic rings. The molecule has 58 heavy (non-hydrogen) atoms. The summed E-state index contributed by atoms with van der Waals surface area (Å²) in [6.07, 6.45) is 0. The molecule has 4 nitrogen and oxygen atoms in total. The van der Waals surface area contributed by atoms with E-state index >= 15 is 0 Å². The number of nitrogens with zero attached hydrogens (tertiary/aromatic N) is 4. The van der Waals surface area contributed by atoms with Gasteiger partial charge in [0.2, 0.25) is 0 Å². The molecule has 0 atom stereocenters. The summed E-state index contributed by atoms with van der Waals surface area (Å²) in [4.78, 5) is 9.76. The molecule has 0 saturated carbocycles. The Morgan fingerprint density at radius 2 is 0.879 bits per heavy atom. The molecule has 0 aliphatic heterocycles. The van der Waals surface area contributed by atoms with Crippen LogP contribution < -0.4 is 9.80 Å². The summed E-state index contributed by atoms with van der Waals surface area (Å²) in [5.41, 5.74) is 17.0. The molecular weight excluding hydrogens is 705 g/mol. The number of hydrogen-bond donors (Lipinski definition) is 0. The van der Waals surface area contributed by atoms with E-state index in [2.05, 4.69) is 234 Å². The highest BCUT2D eigenvalue weighted by Crippen LogP contribution is 2.55. The van der Waals surface area contributed by atoms with Gasteiger partial charge in [0.1, 0.15) is 5.82 Å². The van der Waals surface area contributed by atoms with E-state index in [0.717, 1.165) is 62.2 Å². The number of benzene rings is 9. The van der Waals surface area contributed by atoms with E-state index < -0.39 is 0 Å². The van der Waals surface area contributed by atoms with Gasteiger partial charge in [-0.3, -0.25) is 4.57 Å². The van der Waals surface area contributed by atoms with E-state index in [9.17, 15) is 0 Å². The van der Waals surface area contributed by atoms with Crippen LogP contribution in [0.3, 0.4) is 0 Å². The van der Waals surface area contributed by atoms with Crippen molar-refractivity contribution in [1.29, 1.82) is 0 Å². The SMILES string of the molecule is Cc1nc2ccccc2n1-c1ccc(-c2cc(N(c3ccccc3)c3ccccc3)cc(N(c3ccccc3)c3ccccc3)c2)c2c1-c1cccc3cccc-2c13. The van der Waals surface area contributed by atoms with Crippen molar-refractivity contribution in [3.63, 3.8) is 0 Å². The van der Waals surface area contributed by atoms with E-state index in [4.69, 9.17) is 4.98 Å². The van der Waals surface area contributed by atoms with Crippen molar-refractivity contribution in [2.45, 2.75) is 6.92 Å². The van der Waals surface area contributed by atoms with Crippen LogP contribution in [0.1, 0.15) is 5.82 Å². The Bertz CT molecular complexity index is 2930. The Hall–Kier alpha value is -7.69. The smallest absolute Gasteiger partial charge is 0.111 e. The summed E-state index contributed by atoms with van der Waals surface area (Å²) >= 11 is 0. The van der Waals surface area contributed by atoms with Crippen LogP contribution in [0.15, 0.2) is 212 Å². The van der Waals surface area contributed by atoms with Crippen molar-refractivity contribution >= 4 is 55.9 Å². The van der Waals surface area contributed by atoms with E-state index in [1.807, 2.05) is 0 Å². The van der Waals surface area contributed by atoms with Crippen LogP contribution in [-0.4, -0.2) is 9.55 Å². The van der Waals surface area contributed by atoms with Gasteiger partial charge in [0.25, 0.3) is 0 Å². The van der Waals surface area contributed by atoms with Crippen molar-refractivity contribution in [1.82, 2.24) is 9.55 Å². The van der Waals surface area contributed by atoms with Crippen LogP contribution >= 0.6 is 0 Å². The third kappa shape index (κ3) is 5.49. The first-order valence-electron chi connectivity index (χ1n) is 19.8. The average molecular weight is 743 g/mol. The zero-order valence-electron chi connectivity index (χ0n) is 32.0. The van der Waals surface area contributed by atoms with Crippen LogP contribution in [0, 0.1) is 6.92 Å². The van der Waals surface area contributed by atoms with Crippen molar-refractivity contribution in [3.05, 3.63) is 218 Å². The molecule has 1 aliphatic carbocycles. The summed E-state index contributed by atoms with van der Waals surface area (Å²) in [7, 11) is 0. The lowest BCUT2D eigenvalue weighted by Crippen LogP contribution is -2.13. The average Bonchev–Trinajstić information content (AvgIpc) is 3.80. The quantitative estimate of drug-likeness (QED) is 0.155. The number of fused-ring (bicyclic) bond motifs is 4. The molecule has 10 aromatic rings. The normalized spacial score (nSPS) is 11.5. The molecular formula is C54H38N4. The highest BCUT2D eigenvalue weighted by Gasteiger charge is 2.30. The van der Waals surface area contributed by atoms with Gasteiger partial charge < -0.3 is 9.80 Å². The standard InChI is InChI=1S/C54H38N4/c1-37-55-49-30-14-15-31-50(49)56(37)51-33-32-46(53-47-28-16-18-38-19-17-29-48(52(38)47)54(51)53)39-34-44(57(40-20-6-2-7-21-40)41-22-8-3-9-23-41)36-45(35-39)58(42-24-10-4-11-25-42)43-26-12-5-13-27-43/h2-36H,1H3. The zero-order chi connectivity index (χ0) is 38.6. The number of imidazole rings is 1. The minimum Gasteiger partial charge on any atom is -0.310 e. The predicted molar refractivity (Wildman–Crippen MR) is 243 cm³/mol. The second-order valence-electron chi connectivity index (χ2n) is 14.8. The largest absolute Gasteiger partial charge is 0.310 e. The number of aryl methyl sites for hydroxylation is 1. The Kier molecular flexibility index (Phi) is 8.00. The molecule has 0 fully saturated rings. The lowest BCUT2D eigenvalue weighted by atomic mass is 9.91. The lowest BCUT2D eigenvalue weighted by molar-refractivity contribution is 1.00. The highest BCUT2D eigenvalue weighted by molar-refractivity contribution is 6.20. The van der Waals surface area contributed by atoms with Crippen molar-refractivity contribution in [3.8, 4) is 39.1 Å². The van der Waals surface area contributed by atoms with Crippen LogP contribution in [0.2, 0.25) is 0 Å². The van der Waals surface area contributed by atoms with Gasteiger partial charge in [-0.05, 0) is 125 Å². The van der Waals surface area contributed by atoms with Crippen LogP contribution in [0.25, 0.3) is 60.9 Å².